The summed E-state index contributed by atoms with van der Waals surface area (Å²) in [7, 11) is 0. The Morgan fingerprint density at radius 2 is 1.88 bits per heavy atom. The summed E-state index contributed by atoms with van der Waals surface area (Å²) in [6.07, 6.45) is 6.62. The van der Waals surface area contributed by atoms with Crippen LogP contribution in [0.2, 0.25) is 0 Å². The van der Waals surface area contributed by atoms with Crippen LogP contribution < -0.4 is 0 Å². The van der Waals surface area contributed by atoms with Crippen molar-refractivity contribution in [2.24, 2.45) is 11.8 Å². The third kappa shape index (κ3) is 2.76. The number of hydrogen-bond donors (Lipinski definition) is 1. The minimum absolute atomic E-state index is 0.0709. The molecule has 0 amide bonds. The minimum Gasteiger partial charge on any atom is -0.481 e. The van der Waals surface area contributed by atoms with E-state index < -0.39 is 5.97 Å². The van der Waals surface area contributed by atoms with E-state index in [9.17, 15) is 4.79 Å². The molecule has 3 heteroatoms. The topological polar surface area (TPSA) is 40.5 Å². The van der Waals surface area contributed by atoms with Crippen LogP contribution >= 0.6 is 0 Å². The summed E-state index contributed by atoms with van der Waals surface area (Å²) in [4.78, 5) is 13.5. The van der Waals surface area contributed by atoms with Gasteiger partial charge in [-0.05, 0) is 51.0 Å². The molecule has 2 aliphatic rings. The number of piperidine rings is 1. The van der Waals surface area contributed by atoms with E-state index in [0.29, 0.717) is 6.04 Å². The van der Waals surface area contributed by atoms with E-state index in [1.165, 1.54) is 25.9 Å². The van der Waals surface area contributed by atoms with Crippen LogP contribution in [0.5, 0.6) is 0 Å². The zero-order chi connectivity index (χ0) is 11.5. The first-order chi connectivity index (χ1) is 7.66. The molecule has 0 aromatic rings. The molecule has 1 saturated heterocycles. The van der Waals surface area contributed by atoms with Crippen LogP contribution in [-0.2, 0) is 4.79 Å². The second kappa shape index (κ2) is 5.17. The predicted molar refractivity (Wildman–Crippen MR) is 63.4 cm³/mol. The highest BCUT2D eigenvalue weighted by Crippen LogP contribution is 2.30. The van der Waals surface area contributed by atoms with Gasteiger partial charge < -0.3 is 10.0 Å². The molecule has 1 aliphatic carbocycles. The summed E-state index contributed by atoms with van der Waals surface area (Å²) < 4.78 is 0. The van der Waals surface area contributed by atoms with Crippen molar-refractivity contribution in [3.63, 3.8) is 0 Å². The number of carboxylic acid groups (broad SMARTS) is 1. The van der Waals surface area contributed by atoms with Gasteiger partial charge in [-0.1, -0.05) is 6.92 Å². The molecule has 92 valence electrons. The van der Waals surface area contributed by atoms with Crippen molar-refractivity contribution in [3.8, 4) is 0 Å². The molecular weight excluding hydrogens is 202 g/mol. The first kappa shape index (κ1) is 11.9. The fourth-order valence-corrected chi connectivity index (χ4v) is 3.25. The van der Waals surface area contributed by atoms with Crippen molar-refractivity contribution in [1.82, 2.24) is 4.90 Å². The zero-order valence-corrected chi connectivity index (χ0v) is 10.2. The van der Waals surface area contributed by atoms with E-state index in [4.69, 9.17) is 5.11 Å². The quantitative estimate of drug-likeness (QED) is 0.784. The number of hydrogen-bond acceptors (Lipinski definition) is 2. The zero-order valence-electron chi connectivity index (χ0n) is 10.2. The third-order valence-corrected chi connectivity index (χ3v) is 4.25. The lowest BCUT2D eigenvalue weighted by atomic mass is 9.84. The lowest BCUT2D eigenvalue weighted by molar-refractivity contribution is -0.143. The lowest BCUT2D eigenvalue weighted by Crippen LogP contribution is -2.44. The van der Waals surface area contributed by atoms with Crippen LogP contribution in [0.3, 0.4) is 0 Å². The Bertz CT molecular complexity index is 246. The number of nitrogens with zero attached hydrogens (tertiary/aromatic N) is 1. The molecule has 16 heavy (non-hydrogen) atoms. The first-order valence-electron chi connectivity index (χ1n) is 6.63. The maximum absolute atomic E-state index is 10.9. The molecular formula is C13H23NO2. The van der Waals surface area contributed by atoms with Crippen LogP contribution in [0.25, 0.3) is 0 Å². The molecule has 1 heterocycles. The normalized spacial score (nSPS) is 37.2. The van der Waals surface area contributed by atoms with Gasteiger partial charge >= 0.3 is 5.97 Å². The molecule has 0 bridgehead atoms. The summed E-state index contributed by atoms with van der Waals surface area (Å²) >= 11 is 0. The SMILES string of the molecule is C[C@@H]1CCCN(C2CCC(C(=O)O)CC2)C1. The Balaban J connectivity index is 1.81. The molecule has 0 aromatic carbocycles. The van der Waals surface area contributed by atoms with Crippen molar-refractivity contribution in [2.75, 3.05) is 13.1 Å². The summed E-state index contributed by atoms with van der Waals surface area (Å²) in [5.41, 5.74) is 0. The van der Waals surface area contributed by atoms with E-state index in [2.05, 4.69) is 11.8 Å². The molecule has 0 radical (unpaired) electrons. The Kier molecular flexibility index (Phi) is 3.85. The average molecular weight is 225 g/mol. The Morgan fingerprint density at radius 3 is 2.44 bits per heavy atom. The molecule has 1 atom stereocenters. The van der Waals surface area contributed by atoms with Gasteiger partial charge in [-0.2, -0.15) is 0 Å². The smallest absolute Gasteiger partial charge is 0.306 e. The lowest BCUT2D eigenvalue weighted by Gasteiger charge is -2.40. The maximum atomic E-state index is 10.9. The number of rotatable bonds is 2. The monoisotopic (exact) mass is 225 g/mol. The minimum atomic E-state index is -0.592. The number of likely N-dealkylation sites (tertiary alicyclic amines) is 1. The van der Waals surface area contributed by atoms with Crippen LogP contribution in [0, 0.1) is 11.8 Å². The fourth-order valence-electron chi connectivity index (χ4n) is 3.25. The molecule has 1 saturated carbocycles. The van der Waals surface area contributed by atoms with Gasteiger partial charge in [0.1, 0.15) is 0 Å². The summed E-state index contributed by atoms with van der Waals surface area (Å²) in [5.74, 6) is 0.162. The van der Waals surface area contributed by atoms with E-state index in [0.717, 1.165) is 31.6 Å². The fraction of sp³-hybridized carbons (Fsp3) is 0.923. The second-order valence-electron chi connectivity index (χ2n) is 5.59. The standard InChI is InChI=1S/C13H23NO2/c1-10-3-2-8-14(9-10)12-6-4-11(5-7-12)13(15)16/h10-12H,2-9H2,1H3,(H,15,16)/t10-,11?,12?/m1/s1. The largest absolute Gasteiger partial charge is 0.481 e. The van der Waals surface area contributed by atoms with Gasteiger partial charge in [-0.15, -0.1) is 0 Å². The van der Waals surface area contributed by atoms with Gasteiger partial charge in [0, 0.05) is 12.6 Å². The van der Waals surface area contributed by atoms with E-state index in [-0.39, 0.29) is 5.92 Å². The van der Waals surface area contributed by atoms with E-state index >= 15 is 0 Å². The van der Waals surface area contributed by atoms with Gasteiger partial charge in [0.25, 0.3) is 0 Å². The number of aliphatic carboxylic acids is 1. The van der Waals surface area contributed by atoms with Crippen molar-refractivity contribution in [2.45, 2.75) is 51.5 Å². The molecule has 3 nitrogen and oxygen atoms in total. The molecule has 1 aliphatic heterocycles. The summed E-state index contributed by atoms with van der Waals surface area (Å²) in [6.45, 7) is 4.78. The molecule has 2 rings (SSSR count). The van der Waals surface area contributed by atoms with Gasteiger partial charge in [-0.3, -0.25) is 4.79 Å². The average Bonchev–Trinajstić information content (AvgIpc) is 2.29. The van der Waals surface area contributed by atoms with Gasteiger partial charge in [0.15, 0.2) is 0 Å². The van der Waals surface area contributed by atoms with Crippen LogP contribution in [0.15, 0.2) is 0 Å². The van der Waals surface area contributed by atoms with E-state index in [1.54, 1.807) is 0 Å². The Hall–Kier alpha value is -0.570. The molecule has 0 unspecified atom stereocenters. The van der Waals surface area contributed by atoms with Gasteiger partial charge in [0.2, 0.25) is 0 Å². The van der Waals surface area contributed by atoms with Crippen LogP contribution in [0.4, 0.5) is 0 Å². The highest BCUT2D eigenvalue weighted by molar-refractivity contribution is 5.70. The van der Waals surface area contributed by atoms with Crippen LogP contribution in [0.1, 0.15) is 45.4 Å². The molecule has 0 aromatic heterocycles. The third-order valence-electron chi connectivity index (χ3n) is 4.25. The van der Waals surface area contributed by atoms with E-state index in [1.807, 2.05) is 0 Å². The Labute approximate surface area is 97.8 Å². The van der Waals surface area contributed by atoms with Crippen LogP contribution in [-0.4, -0.2) is 35.1 Å². The predicted octanol–water partition coefficient (Wildman–Crippen LogP) is 2.36. The first-order valence-corrected chi connectivity index (χ1v) is 6.63. The van der Waals surface area contributed by atoms with Crippen molar-refractivity contribution < 1.29 is 9.90 Å². The highest BCUT2D eigenvalue weighted by atomic mass is 16.4. The van der Waals surface area contributed by atoms with Crippen molar-refractivity contribution in [3.05, 3.63) is 0 Å². The summed E-state index contributed by atoms with van der Waals surface area (Å²) in [5, 5.41) is 8.96. The summed E-state index contributed by atoms with van der Waals surface area (Å²) in [6, 6.07) is 0.665. The molecule has 0 spiro atoms. The molecule has 1 N–H and O–H groups in total. The van der Waals surface area contributed by atoms with Gasteiger partial charge in [-0.25, -0.2) is 0 Å². The van der Waals surface area contributed by atoms with Gasteiger partial charge in [0.05, 0.1) is 5.92 Å². The van der Waals surface area contributed by atoms with Crippen molar-refractivity contribution in [1.29, 1.82) is 0 Å². The second-order valence-corrected chi connectivity index (χ2v) is 5.59. The van der Waals surface area contributed by atoms with Crippen molar-refractivity contribution >= 4 is 5.97 Å². The number of carboxylic acids is 1. The number of carbonyl (C=O) groups is 1. The Morgan fingerprint density at radius 1 is 1.19 bits per heavy atom. The maximum Gasteiger partial charge on any atom is 0.306 e. The highest BCUT2D eigenvalue weighted by Gasteiger charge is 2.30. The molecule has 2 fully saturated rings.